The number of sulfone groups is 1. The lowest BCUT2D eigenvalue weighted by Crippen LogP contribution is -2.25. The van der Waals surface area contributed by atoms with Gasteiger partial charge in [0.25, 0.3) is 0 Å². The van der Waals surface area contributed by atoms with Gasteiger partial charge in [-0.2, -0.15) is 0 Å². The first-order valence-corrected chi connectivity index (χ1v) is 7.56. The molecule has 0 bridgehead atoms. The molecule has 21 heavy (non-hydrogen) atoms. The minimum Gasteiger partial charge on any atom is -0.508 e. The van der Waals surface area contributed by atoms with E-state index in [-0.39, 0.29) is 22.0 Å². The van der Waals surface area contributed by atoms with Crippen LogP contribution in [0, 0.1) is 0 Å². The van der Waals surface area contributed by atoms with Gasteiger partial charge in [-0.1, -0.05) is 12.1 Å². The van der Waals surface area contributed by atoms with Crippen LogP contribution in [-0.4, -0.2) is 40.9 Å². The van der Waals surface area contributed by atoms with Crippen LogP contribution in [0.25, 0.3) is 11.1 Å². The molecule has 2 aromatic carbocycles. The highest BCUT2D eigenvalue weighted by atomic mass is 32.2. The first-order chi connectivity index (χ1) is 9.86. The van der Waals surface area contributed by atoms with Crippen LogP contribution in [0.3, 0.4) is 0 Å². The number of aromatic hydroxyl groups is 2. The molecule has 0 amide bonds. The van der Waals surface area contributed by atoms with Crippen molar-refractivity contribution in [2.45, 2.75) is 10.3 Å². The second kappa shape index (κ2) is 5.72. The third-order valence-corrected chi connectivity index (χ3v) is 4.80. The van der Waals surface area contributed by atoms with Gasteiger partial charge < -0.3 is 20.4 Å². The van der Waals surface area contributed by atoms with Crippen molar-refractivity contribution in [2.24, 2.45) is 0 Å². The minimum atomic E-state index is -4.16. The molecule has 0 fully saturated rings. The Balaban J connectivity index is 2.66. The summed E-state index contributed by atoms with van der Waals surface area (Å²) >= 11 is 0. The Hall–Kier alpha value is -2.09. The number of aliphatic hydroxyl groups excluding tert-OH is 2. The molecule has 1 atom stereocenters. The van der Waals surface area contributed by atoms with Crippen molar-refractivity contribution in [1.82, 2.24) is 0 Å². The normalized spacial score (nSPS) is 13.0. The van der Waals surface area contributed by atoms with Gasteiger partial charge in [-0.05, 0) is 35.9 Å². The molecule has 0 aliphatic rings. The molecule has 0 saturated heterocycles. The van der Waals surface area contributed by atoms with E-state index < -0.39 is 21.9 Å². The van der Waals surface area contributed by atoms with E-state index in [0.29, 0.717) is 5.56 Å². The number of hydrogen-bond donors (Lipinski definition) is 4. The molecule has 2 aromatic rings. The van der Waals surface area contributed by atoms with Crippen molar-refractivity contribution < 1.29 is 28.8 Å². The average Bonchev–Trinajstić information content (AvgIpc) is 2.46. The predicted octanol–water partition coefficient (Wildman–Crippen LogP) is 0.849. The Morgan fingerprint density at radius 3 is 2.10 bits per heavy atom. The van der Waals surface area contributed by atoms with Crippen LogP contribution in [0.2, 0.25) is 0 Å². The van der Waals surface area contributed by atoms with Gasteiger partial charge in [-0.25, -0.2) is 8.42 Å². The molecule has 0 saturated carbocycles. The molecule has 7 heteroatoms. The summed E-state index contributed by atoms with van der Waals surface area (Å²) in [6.07, 6.45) is 0. The van der Waals surface area contributed by atoms with Crippen molar-refractivity contribution in [3.05, 3.63) is 42.5 Å². The summed E-state index contributed by atoms with van der Waals surface area (Å²) in [4.78, 5) is -0.215. The topological polar surface area (TPSA) is 115 Å². The lowest BCUT2D eigenvalue weighted by Gasteiger charge is -2.14. The number of hydrogen-bond acceptors (Lipinski definition) is 6. The van der Waals surface area contributed by atoms with Gasteiger partial charge in [-0.3, -0.25) is 0 Å². The largest absolute Gasteiger partial charge is 0.508 e. The highest BCUT2D eigenvalue weighted by molar-refractivity contribution is 7.92. The van der Waals surface area contributed by atoms with Crippen molar-refractivity contribution in [3.63, 3.8) is 0 Å². The molecular weight excluding hydrogens is 296 g/mol. The summed E-state index contributed by atoms with van der Waals surface area (Å²) in [6, 6.07) is 9.29. The Morgan fingerprint density at radius 1 is 0.952 bits per heavy atom. The highest BCUT2D eigenvalue weighted by Crippen LogP contribution is 2.33. The zero-order valence-corrected chi connectivity index (χ0v) is 11.7. The summed E-state index contributed by atoms with van der Waals surface area (Å²) in [6.45, 7) is -0.932. The molecule has 0 aliphatic heterocycles. The van der Waals surface area contributed by atoms with Crippen molar-refractivity contribution in [1.29, 1.82) is 0 Å². The second-order valence-corrected chi connectivity index (χ2v) is 6.48. The average molecular weight is 310 g/mol. The first kappa shape index (κ1) is 15.3. The van der Waals surface area contributed by atoms with Gasteiger partial charge in [0.1, 0.15) is 11.5 Å². The monoisotopic (exact) mass is 310 g/mol. The number of rotatable bonds is 4. The van der Waals surface area contributed by atoms with Crippen LogP contribution in [0.4, 0.5) is 0 Å². The maximum absolute atomic E-state index is 12.2. The molecule has 4 N–H and O–H groups in total. The van der Waals surface area contributed by atoms with Gasteiger partial charge in [-0.15, -0.1) is 0 Å². The quantitative estimate of drug-likeness (QED) is 0.665. The molecule has 2 rings (SSSR count). The zero-order chi connectivity index (χ0) is 15.6. The fourth-order valence-corrected chi connectivity index (χ4v) is 3.11. The Kier molecular flexibility index (Phi) is 4.17. The third kappa shape index (κ3) is 2.99. The fraction of sp³-hybridized carbons (Fsp3) is 0.143. The molecule has 0 aromatic heterocycles. The maximum atomic E-state index is 12.2. The Labute approximate surface area is 121 Å². The van der Waals surface area contributed by atoms with E-state index >= 15 is 0 Å². The molecule has 112 valence electrons. The number of phenols is 2. The minimum absolute atomic E-state index is 0.0127. The van der Waals surface area contributed by atoms with E-state index in [1.165, 1.54) is 36.4 Å². The van der Waals surface area contributed by atoms with Gasteiger partial charge in [0.05, 0.1) is 11.5 Å². The summed E-state index contributed by atoms with van der Waals surface area (Å²) in [5, 5.41) is 37.2. The van der Waals surface area contributed by atoms with E-state index in [1.807, 2.05) is 0 Å². The van der Waals surface area contributed by atoms with Crippen LogP contribution < -0.4 is 0 Å². The number of aliphatic hydroxyl groups is 2. The molecular formula is C14H14O6S. The molecule has 0 aliphatic carbocycles. The Bertz CT molecular complexity index is 737. The van der Waals surface area contributed by atoms with E-state index in [1.54, 1.807) is 0 Å². The Morgan fingerprint density at radius 2 is 1.52 bits per heavy atom. The molecule has 0 spiro atoms. The summed E-state index contributed by atoms with van der Waals surface area (Å²) in [5.41, 5.74) is -1.34. The summed E-state index contributed by atoms with van der Waals surface area (Å²) in [5.74, 6) is -0.130. The molecule has 0 radical (unpaired) electrons. The summed E-state index contributed by atoms with van der Waals surface area (Å²) < 4.78 is 24.4. The molecule has 0 heterocycles. The maximum Gasteiger partial charge on any atom is 0.207 e. The fourth-order valence-electron chi connectivity index (χ4n) is 1.88. The standard InChI is InChI=1S/C14H14O6S/c15-8-14(18)21(19,20)13-6-5-11(17)7-12(13)9-1-3-10(16)4-2-9/h1-7,14-18H,8H2. The van der Waals surface area contributed by atoms with E-state index in [2.05, 4.69) is 0 Å². The molecule has 1 unspecified atom stereocenters. The van der Waals surface area contributed by atoms with Gasteiger partial charge in [0.2, 0.25) is 9.84 Å². The van der Waals surface area contributed by atoms with Gasteiger partial charge >= 0.3 is 0 Å². The van der Waals surface area contributed by atoms with Crippen molar-refractivity contribution in [2.75, 3.05) is 6.61 Å². The zero-order valence-electron chi connectivity index (χ0n) is 10.8. The lowest BCUT2D eigenvalue weighted by molar-refractivity contribution is 0.152. The predicted molar refractivity (Wildman–Crippen MR) is 75.5 cm³/mol. The highest BCUT2D eigenvalue weighted by Gasteiger charge is 2.27. The van der Waals surface area contributed by atoms with E-state index in [9.17, 15) is 23.7 Å². The number of phenolic OH excluding ortho intramolecular Hbond substituents is 2. The summed E-state index contributed by atoms with van der Waals surface area (Å²) in [7, 11) is -4.16. The third-order valence-electron chi connectivity index (χ3n) is 2.96. The second-order valence-electron chi connectivity index (χ2n) is 4.41. The van der Waals surface area contributed by atoms with Crippen LogP contribution in [0.15, 0.2) is 47.4 Å². The van der Waals surface area contributed by atoms with Crippen molar-refractivity contribution in [3.8, 4) is 22.6 Å². The number of benzene rings is 2. The van der Waals surface area contributed by atoms with Gasteiger partial charge in [0, 0.05) is 5.56 Å². The van der Waals surface area contributed by atoms with Crippen LogP contribution >= 0.6 is 0 Å². The van der Waals surface area contributed by atoms with Crippen LogP contribution in [0.5, 0.6) is 11.5 Å². The van der Waals surface area contributed by atoms with E-state index in [4.69, 9.17) is 5.11 Å². The van der Waals surface area contributed by atoms with Crippen molar-refractivity contribution >= 4 is 9.84 Å². The van der Waals surface area contributed by atoms with E-state index in [0.717, 1.165) is 6.07 Å². The van der Waals surface area contributed by atoms with Crippen LogP contribution in [0.1, 0.15) is 0 Å². The smallest absolute Gasteiger partial charge is 0.207 e. The van der Waals surface area contributed by atoms with Crippen LogP contribution in [-0.2, 0) is 9.84 Å². The molecule has 6 nitrogen and oxygen atoms in total. The lowest BCUT2D eigenvalue weighted by atomic mass is 10.1. The van der Waals surface area contributed by atoms with Gasteiger partial charge in [0.15, 0.2) is 5.44 Å². The first-order valence-electron chi connectivity index (χ1n) is 6.01. The SMILES string of the molecule is O=S(=O)(c1ccc(O)cc1-c1ccc(O)cc1)C(O)CO.